The van der Waals surface area contributed by atoms with Crippen LogP contribution in [-0.2, 0) is 0 Å². The first-order chi connectivity index (χ1) is 11.2. The molecule has 0 atom stereocenters. The van der Waals surface area contributed by atoms with E-state index in [2.05, 4.69) is 6.92 Å². The van der Waals surface area contributed by atoms with E-state index in [1.54, 1.807) is 6.07 Å². The van der Waals surface area contributed by atoms with Crippen molar-refractivity contribution in [2.24, 2.45) is 11.8 Å². The summed E-state index contributed by atoms with van der Waals surface area (Å²) >= 11 is 0. The number of benzene rings is 1. The second-order valence-electron chi connectivity index (χ2n) is 6.77. The van der Waals surface area contributed by atoms with E-state index in [1.165, 1.54) is 63.5 Å². The SMILES string of the molecule is CCCC[C@H]1CC[C@H](CCCOc2ccc(C#N)c(F)c2)CC1. The van der Waals surface area contributed by atoms with Crippen LogP contribution in [0.15, 0.2) is 18.2 Å². The number of rotatable bonds is 8. The van der Waals surface area contributed by atoms with Gasteiger partial charge in [0.2, 0.25) is 0 Å². The Kier molecular flexibility index (Phi) is 7.39. The second kappa shape index (κ2) is 9.55. The van der Waals surface area contributed by atoms with E-state index in [0.29, 0.717) is 12.4 Å². The zero-order chi connectivity index (χ0) is 16.5. The first-order valence-electron chi connectivity index (χ1n) is 9.05. The molecule has 0 aromatic heterocycles. The third kappa shape index (κ3) is 5.86. The molecular formula is C20H28FNO. The van der Waals surface area contributed by atoms with E-state index in [9.17, 15) is 4.39 Å². The molecule has 1 aliphatic carbocycles. The number of unbranched alkanes of at least 4 members (excludes halogenated alkanes) is 1. The maximum Gasteiger partial charge on any atom is 0.144 e. The molecule has 126 valence electrons. The highest BCUT2D eigenvalue weighted by Gasteiger charge is 2.20. The lowest BCUT2D eigenvalue weighted by atomic mass is 9.78. The molecule has 0 spiro atoms. The molecule has 23 heavy (non-hydrogen) atoms. The smallest absolute Gasteiger partial charge is 0.144 e. The van der Waals surface area contributed by atoms with Gasteiger partial charge in [-0.3, -0.25) is 0 Å². The number of hydrogen-bond donors (Lipinski definition) is 0. The summed E-state index contributed by atoms with van der Waals surface area (Å²) in [4.78, 5) is 0. The quantitative estimate of drug-likeness (QED) is 0.563. The summed E-state index contributed by atoms with van der Waals surface area (Å²) in [6.45, 7) is 2.90. The Hall–Kier alpha value is -1.56. The van der Waals surface area contributed by atoms with Gasteiger partial charge in [-0.1, -0.05) is 51.9 Å². The predicted octanol–water partition coefficient (Wildman–Crippen LogP) is 5.85. The Labute approximate surface area is 139 Å². The van der Waals surface area contributed by atoms with Crippen LogP contribution in [0.1, 0.15) is 70.3 Å². The van der Waals surface area contributed by atoms with Crippen LogP contribution in [0.4, 0.5) is 4.39 Å². The van der Waals surface area contributed by atoms with E-state index in [1.807, 2.05) is 6.07 Å². The monoisotopic (exact) mass is 317 g/mol. The fourth-order valence-electron chi connectivity index (χ4n) is 3.54. The summed E-state index contributed by atoms with van der Waals surface area (Å²) < 4.78 is 19.1. The lowest BCUT2D eigenvalue weighted by molar-refractivity contribution is 0.228. The van der Waals surface area contributed by atoms with Crippen molar-refractivity contribution in [3.05, 3.63) is 29.6 Å². The van der Waals surface area contributed by atoms with E-state index in [0.717, 1.165) is 18.3 Å². The van der Waals surface area contributed by atoms with Gasteiger partial charge in [0.15, 0.2) is 0 Å². The summed E-state index contributed by atoms with van der Waals surface area (Å²) in [5, 5.41) is 8.70. The summed E-state index contributed by atoms with van der Waals surface area (Å²) in [7, 11) is 0. The van der Waals surface area contributed by atoms with Gasteiger partial charge in [-0.25, -0.2) is 4.39 Å². The van der Waals surface area contributed by atoms with Gasteiger partial charge >= 0.3 is 0 Å². The molecule has 0 N–H and O–H groups in total. The average molecular weight is 317 g/mol. The fraction of sp³-hybridized carbons (Fsp3) is 0.650. The minimum atomic E-state index is -0.504. The van der Waals surface area contributed by atoms with Gasteiger partial charge in [-0.15, -0.1) is 0 Å². The number of hydrogen-bond acceptors (Lipinski definition) is 2. The van der Waals surface area contributed by atoms with Crippen molar-refractivity contribution in [2.45, 2.75) is 64.7 Å². The molecule has 1 saturated carbocycles. The molecule has 0 heterocycles. The molecule has 1 aromatic carbocycles. The van der Waals surface area contributed by atoms with E-state index >= 15 is 0 Å². The molecule has 0 aliphatic heterocycles. The van der Waals surface area contributed by atoms with Crippen LogP contribution in [0, 0.1) is 29.0 Å². The van der Waals surface area contributed by atoms with E-state index in [-0.39, 0.29) is 5.56 Å². The summed E-state index contributed by atoms with van der Waals surface area (Å²) in [5.74, 6) is 1.82. The van der Waals surface area contributed by atoms with Crippen LogP contribution < -0.4 is 4.74 Å². The van der Waals surface area contributed by atoms with Crippen LogP contribution in [-0.4, -0.2) is 6.61 Å². The van der Waals surface area contributed by atoms with Crippen LogP contribution in [0.5, 0.6) is 5.75 Å². The Morgan fingerprint density at radius 1 is 1.13 bits per heavy atom. The number of nitrogens with zero attached hydrogens (tertiary/aromatic N) is 1. The van der Waals surface area contributed by atoms with Crippen LogP contribution >= 0.6 is 0 Å². The Morgan fingerprint density at radius 3 is 2.35 bits per heavy atom. The van der Waals surface area contributed by atoms with E-state index < -0.39 is 5.82 Å². The third-order valence-corrected chi connectivity index (χ3v) is 5.02. The molecule has 1 aliphatic rings. The van der Waals surface area contributed by atoms with Crippen molar-refractivity contribution < 1.29 is 9.13 Å². The predicted molar refractivity (Wildman–Crippen MR) is 90.8 cm³/mol. The van der Waals surface area contributed by atoms with Crippen LogP contribution in [0.25, 0.3) is 0 Å². The standard InChI is InChI=1S/C20H28FNO/c1-2-3-5-16-7-9-17(10-8-16)6-4-13-23-19-12-11-18(15-22)20(21)14-19/h11-12,14,16-17H,2-10,13H2,1H3/t16-,17-. The lowest BCUT2D eigenvalue weighted by Gasteiger charge is -2.28. The van der Waals surface area contributed by atoms with Crippen molar-refractivity contribution in [3.63, 3.8) is 0 Å². The van der Waals surface area contributed by atoms with Gasteiger partial charge in [-0.05, 0) is 36.8 Å². The summed E-state index contributed by atoms with van der Waals surface area (Å²) in [5.41, 5.74) is 0.0668. The first kappa shape index (κ1) is 17.8. The average Bonchev–Trinajstić information content (AvgIpc) is 2.58. The highest BCUT2D eigenvalue weighted by atomic mass is 19.1. The molecule has 0 amide bonds. The highest BCUT2D eigenvalue weighted by Crippen LogP contribution is 2.34. The fourth-order valence-corrected chi connectivity index (χ4v) is 3.54. The molecule has 1 aromatic rings. The Bertz CT molecular complexity index is 515. The van der Waals surface area contributed by atoms with Crippen LogP contribution in [0.2, 0.25) is 0 Å². The van der Waals surface area contributed by atoms with Gasteiger partial charge in [0.25, 0.3) is 0 Å². The first-order valence-corrected chi connectivity index (χ1v) is 9.05. The second-order valence-corrected chi connectivity index (χ2v) is 6.77. The lowest BCUT2D eigenvalue weighted by Crippen LogP contribution is -2.15. The summed E-state index contributed by atoms with van der Waals surface area (Å²) in [6, 6.07) is 6.26. The third-order valence-electron chi connectivity index (χ3n) is 5.02. The van der Waals surface area contributed by atoms with E-state index in [4.69, 9.17) is 10.00 Å². The van der Waals surface area contributed by atoms with Gasteiger partial charge in [0.1, 0.15) is 17.6 Å². The maximum absolute atomic E-state index is 13.5. The number of nitriles is 1. The zero-order valence-electron chi connectivity index (χ0n) is 14.2. The largest absolute Gasteiger partial charge is 0.493 e. The molecule has 1 fully saturated rings. The van der Waals surface area contributed by atoms with Gasteiger partial charge in [-0.2, -0.15) is 5.26 Å². The Balaban J connectivity index is 1.61. The molecule has 2 rings (SSSR count). The number of halogens is 1. The molecule has 0 radical (unpaired) electrons. The van der Waals surface area contributed by atoms with Crippen LogP contribution in [0.3, 0.4) is 0 Å². The normalized spacial score (nSPS) is 20.9. The molecule has 2 nitrogen and oxygen atoms in total. The topological polar surface area (TPSA) is 33.0 Å². The van der Waals surface area contributed by atoms with Gasteiger partial charge in [0.05, 0.1) is 12.2 Å². The molecule has 0 saturated heterocycles. The minimum Gasteiger partial charge on any atom is -0.493 e. The highest BCUT2D eigenvalue weighted by molar-refractivity contribution is 5.36. The number of ether oxygens (including phenoxy) is 1. The Morgan fingerprint density at radius 2 is 1.78 bits per heavy atom. The van der Waals surface area contributed by atoms with Gasteiger partial charge in [0, 0.05) is 6.07 Å². The maximum atomic E-state index is 13.5. The summed E-state index contributed by atoms with van der Waals surface area (Å²) in [6.07, 6.45) is 11.8. The van der Waals surface area contributed by atoms with Crippen molar-refractivity contribution in [1.82, 2.24) is 0 Å². The van der Waals surface area contributed by atoms with Gasteiger partial charge < -0.3 is 4.74 Å². The van der Waals surface area contributed by atoms with Crippen molar-refractivity contribution in [2.75, 3.05) is 6.61 Å². The minimum absolute atomic E-state index is 0.0668. The molecular weight excluding hydrogens is 289 g/mol. The molecule has 0 unspecified atom stereocenters. The van der Waals surface area contributed by atoms with Crippen molar-refractivity contribution in [1.29, 1.82) is 5.26 Å². The molecule has 3 heteroatoms. The van der Waals surface area contributed by atoms with Crippen molar-refractivity contribution in [3.8, 4) is 11.8 Å². The molecule has 0 bridgehead atoms. The zero-order valence-corrected chi connectivity index (χ0v) is 14.2. The van der Waals surface area contributed by atoms with Crippen molar-refractivity contribution >= 4 is 0 Å².